The van der Waals surface area contributed by atoms with Gasteiger partial charge in [0.05, 0.1) is 5.92 Å². The molecule has 0 bridgehead atoms. The molecular formula is C27H30N2O5. The van der Waals surface area contributed by atoms with Gasteiger partial charge in [-0.1, -0.05) is 61.5 Å². The molecule has 2 atom stereocenters. The summed E-state index contributed by atoms with van der Waals surface area (Å²) in [6.07, 6.45) is 2.15. The summed E-state index contributed by atoms with van der Waals surface area (Å²) >= 11 is 0. The Morgan fingerprint density at radius 3 is 2.29 bits per heavy atom. The van der Waals surface area contributed by atoms with Crippen LogP contribution in [0.15, 0.2) is 60.2 Å². The highest BCUT2D eigenvalue weighted by molar-refractivity contribution is 5.94. The van der Waals surface area contributed by atoms with Crippen LogP contribution in [0.4, 0.5) is 4.79 Å². The van der Waals surface area contributed by atoms with Gasteiger partial charge in [0.1, 0.15) is 6.61 Å². The van der Waals surface area contributed by atoms with E-state index in [4.69, 9.17) is 4.74 Å². The van der Waals surface area contributed by atoms with Gasteiger partial charge in [-0.15, -0.1) is 0 Å². The summed E-state index contributed by atoms with van der Waals surface area (Å²) in [4.78, 5) is 38.2. The van der Waals surface area contributed by atoms with E-state index in [9.17, 15) is 19.5 Å². The normalized spacial score (nSPS) is 19.5. The number of carbonyl (C=O) groups excluding carboxylic acids is 2. The van der Waals surface area contributed by atoms with Crippen LogP contribution in [0.2, 0.25) is 0 Å². The van der Waals surface area contributed by atoms with E-state index >= 15 is 0 Å². The van der Waals surface area contributed by atoms with Gasteiger partial charge in [-0.3, -0.25) is 9.59 Å². The predicted molar refractivity (Wildman–Crippen MR) is 128 cm³/mol. The third-order valence-corrected chi connectivity index (χ3v) is 6.88. The van der Waals surface area contributed by atoms with E-state index in [-0.39, 0.29) is 31.0 Å². The molecule has 0 radical (unpaired) electrons. The van der Waals surface area contributed by atoms with E-state index in [2.05, 4.69) is 29.6 Å². The minimum absolute atomic E-state index is 0.0136. The second-order valence-electron chi connectivity index (χ2n) is 8.80. The fourth-order valence-corrected chi connectivity index (χ4v) is 5.15. The van der Waals surface area contributed by atoms with Crippen molar-refractivity contribution < 1.29 is 24.2 Å². The number of rotatable bonds is 7. The summed E-state index contributed by atoms with van der Waals surface area (Å²) in [5, 5.41) is 12.1. The molecule has 1 aliphatic heterocycles. The summed E-state index contributed by atoms with van der Waals surface area (Å²) < 4.78 is 5.52. The molecule has 7 heteroatoms. The van der Waals surface area contributed by atoms with Crippen molar-refractivity contribution in [3.63, 3.8) is 0 Å². The lowest BCUT2D eigenvalue weighted by atomic mass is 9.98. The van der Waals surface area contributed by atoms with Crippen LogP contribution in [-0.4, -0.2) is 53.7 Å². The lowest BCUT2D eigenvalue weighted by Gasteiger charge is -2.26. The van der Waals surface area contributed by atoms with Gasteiger partial charge >= 0.3 is 12.1 Å². The molecule has 0 aromatic heterocycles. The van der Waals surface area contributed by atoms with Crippen LogP contribution in [0.25, 0.3) is 11.1 Å². The monoisotopic (exact) mass is 462 g/mol. The van der Waals surface area contributed by atoms with E-state index in [1.54, 1.807) is 17.9 Å². The molecule has 7 nitrogen and oxygen atoms in total. The molecule has 1 aliphatic carbocycles. The van der Waals surface area contributed by atoms with E-state index in [1.165, 1.54) is 11.1 Å². The summed E-state index contributed by atoms with van der Waals surface area (Å²) in [7, 11) is 0. The maximum absolute atomic E-state index is 12.8. The van der Waals surface area contributed by atoms with Crippen LogP contribution < -0.4 is 5.32 Å². The number of benzene rings is 2. The van der Waals surface area contributed by atoms with Gasteiger partial charge in [-0.25, -0.2) is 4.79 Å². The van der Waals surface area contributed by atoms with Gasteiger partial charge < -0.3 is 20.1 Å². The van der Waals surface area contributed by atoms with Crippen molar-refractivity contribution in [1.29, 1.82) is 0 Å². The van der Waals surface area contributed by atoms with Gasteiger partial charge in [-0.05, 0) is 42.0 Å². The second-order valence-corrected chi connectivity index (χ2v) is 8.80. The Kier molecular flexibility index (Phi) is 7.01. The van der Waals surface area contributed by atoms with Gasteiger partial charge in [-0.2, -0.15) is 0 Å². The summed E-state index contributed by atoms with van der Waals surface area (Å²) in [5.41, 5.74) is 5.11. The van der Waals surface area contributed by atoms with Gasteiger partial charge in [0.2, 0.25) is 5.91 Å². The average molecular weight is 463 g/mol. The summed E-state index contributed by atoms with van der Waals surface area (Å²) in [6, 6.07) is 16.0. The number of carbonyl (C=O) groups is 3. The number of hydrogen-bond donors (Lipinski definition) is 2. The Labute approximate surface area is 199 Å². The van der Waals surface area contributed by atoms with E-state index in [0.29, 0.717) is 25.0 Å². The first kappa shape index (κ1) is 23.5. The third kappa shape index (κ3) is 4.55. The first-order valence-electron chi connectivity index (χ1n) is 11.7. The number of likely N-dealkylation sites (tertiary alicyclic amines) is 1. The molecule has 1 saturated heterocycles. The molecule has 2 amide bonds. The zero-order valence-electron chi connectivity index (χ0n) is 19.5. The molecule has 0 saturated carbocycles. The number of nitrogens with one attached hydrogen (secondary N) is 1. The largest absolute Gasteiger partial charge is 0.481 e. The van der Waals surface area contributed by atoms with E-state index in [0.717, 1.165) is 11.1 Å². The van der Waals surface area contributed by atoms with Crippen molar-refractivity contribution >= 4 is 18.0 Å². The molecule has 178 valence electrons. The highest BCUT2D eigenvalue weighted by Gasteiger charge is 2.40. The Hall–Kier alpha value is -3.61. The number of carboxylic acid groups (broad SMARTS) is 1. The predicted octanol–water partition coefficient (Wildman–Crippen LogP) is 4.18. The zero-order chi connectivity index (χ0) is 24.2. The van der Waals surface area contributed by atoms with Crippen LogP contribution in [-0.2, 0) is 14.3 Å². The van der Waals surface area contributed by atoms with Crippen molar-refractivity contribution in [3.8, 4) is 11.1 Å². The van der Waals surface area contributed by atoms with Gasteiger partial charge in [0.25, 0.3) is 0 Å². The second kappa shape index (κ2) is 10.1. The molecule has 2 aromatic rings. The summed E-state index contributed by atoms with van der Waals surface area (Å²) in [5.74, 6) is -1.59. The fourth-order valence-electron chi connectivity index (χ4n) is 5.15. The molecule has 2 unspecified atom stereocenters. The van der Waals surface area contributed by atoms with Crippen LogP contribution in [0.3, 0.4) is 0 Å². The highest BCUT2D eigenvalue weighted by Crippen LogP contribution is 2.44. The minimum Gasteiger partial charge on any atom is -0.481 e. The fraction of sp³-hybridized carbons (Fsp3) is 0.370. The molecule has 1 fully saturated rings. The standard InChI is InChI=1S/C27H30N2O5/c1-3-24-22(26(31)32)13-15-29(24)25(30)17(2)12-14-28-27(33)34-16-23-20-10-6-4-8-18(20)19-9-5-7-11-21(19)23/h4-12,22-24H,3,13-16H2,1-2H3,(H,28,33)(H,31,32)/b17-12+. The number of hydrogen-bond acceptors (Lipinski definition) is 4. The lowest BCUT2D eigenvalue weighted by Crippen LogP contribution is -2.40. The molecule has 0 spiro atoms. The van der Waals surface area contributed by atoms with Crippen LogP contribution in [0.1, 0.15) is 43.7 Å². The Bertz CT molecular complexity index is 1080. The number of amides is 2. The van der Waals surface area contributed by atoms with Crippen LogP contribution in [0, 0.1) is 5.92 Å². The highest BCUT2D eigenvalue weighted by atomic mass is 16.5. The first-order valence-corrected chi connectivity index (χ1v) is 11.7. The van der Waals surface area contributed by atoms with Crippen molar-refractivity contribution in [2.24, 2.45) is 5.92 Å². The van der Waals surface area contributed by atoms with Crippen molar-refractivity contribution in [2.75, 3.05) is 19.7 Å². The maximum Gasteiger partial charge on any atom is 0.407 e. The number of nitrogens with zero attached hydrogens (tertiary/aromatic N) is 1. The van der Waals surface area contributed by atoms with Gasteiger partial charge in [0, 0.05) is 30.6 Å². The van der Waals surface area contributed by atoms with Crippen LogP contribution in [0.5, 0.6) is 0 Å². The molecule has 2 aliphatic rings. The minimum atomic E-state index is -0.860. The Morgan fingerprint density at radius 1 is 1.09 bits per heavy atom. The number of fused-ring (bicyclic) bond motifs is 3. The molecule has 2 N–H and O–H groups in total. The smallest absolute Gasteiger partial charge is 0.407 e. The average Bonchev–Trinajstić information content (AvgIpc) is 3.41. The Morgan fingerprint density at radius 2 is 1.71 bits per heavy atom. The molecular weight excluding hydrogens is 432 g/mol. The quantitative estimate of drug-likeness (QED) is 0.602. The maximum atomic E-state index is 12.8. The zero-order valence-corrected chi connectivity index (χ0v) is 19.5. The molecule has 4 rings (SSSR count). The Balaban J connectivity index is 1.31. The molecule has 34 heavy (non-hydrogen) atoms. The van der Waals surface area contributed by atoms with E-state index < -0.39 is 18.0 Å². The SMILES string of the molecule is CCC1C(C(=O)O)CCN1C(=O)/C(C)=C/CNC(=O)OCC1c2ccccc2-c2ccccc21. The van der Waals surface area contributed by atoms with Crippen molar-refractivity contribution in [2.45, 2.75) is 38.6 Å². The number of aliphatic carboxylic acids is 1. The molecule has 1 heterocycles. The topological polar surface area (TPSA) is 95.9 Å². The molecule has 2 aromatic carbocycles. The third-order valence-electron chi connectivity index (χ3n) is 6.88. The number of ether oxygens (including phenoxy) is 1. The number of carboxylic acids is 1. The summed E-state index contributed by atoms with van der Waals surface area (Å²) in [6.45, 7) is 4.39. The van der Waals surface area contributed by atoms with Crippen LogP contribution >= 0.6 is 0 Å². The first-order chi connectivity index (χ1) is 16.4. The lowest BCUT2D eigenvalue weighted by molar-refractivity contribution is -0.143. The number of alkyl carbamates (subject to hydrolysis) is 1. The van der Waals surface area contributed by atoms with Crippen molar-refractivity contribution in [3.05, 3.63) is 71.3 Å². The van der Waals surface area contributed by atoms with E-state index in [1.807, 2.05) is 31.2 Å². The van der Waals surface area contributed by atoms with Gasteiger partial charge in [0.15, 0.2) is 0 Å². The van der Waals surface area contributed by atoms with Crippen molar-refractivity contribution in [1.82, 2.24) is 10.2 Å².